The first-order chi connectivity index (χ1) is 20.3. The highest BCUT2D eigenvalue weighted by Gasteiger charge is 2.44. The zero-order valence-corrected chi connectivity index (χ0v) is 26.5. The van der Waals surface area contributed by atoms with Gasteiger partial charge in [-0.2, -0.15) is 0 Å². The van der Waals surface area contributed by atoms with Gasteiger partial charge < -0.3 is 40.3 Å². The molecule has 1 rings (SSSR count). The maximum absolute atomic E-state index is 12.8. The Bertz CT molecular complexity index is 676. The molecule has 0 aliphatic carbocycles. The third-order valence-electron chi connectivity index (χ3n) is 8.12. The van der Waals surface area contributed by atoms with Crippen molar-refractivity contribution in [2.45, 2.75) is 179 Å². The van der Waals surface area contributed by atoms with Crippen LogP contribution in [0.25, 0.3) is 0 Å². The van der Waals surface area contributed by atoms with E-state index in [9.17, 15) is 30.3 Å². The molecule has 42 heavy (non-hydrogen) atoms. The van der Waals surface area contributed by atoms with E-state index in [4.69, 9.17) is 9.47 Å². The van der Waals surface area contributed by atoms with Crippen LogP contribution in [0.15, 0.2) is 12.2 Å². The van der Waals surface area contributed by atoms with Gasteiger partial charge in [-0.15, -0.1) is 0 Å². The number of aliphatic hydroxyl groups excluding tert-OH is 5. The van der Waals surface area contributed by atoms with Crippen molar-refractivity contribution in [2.24, 2.45) is 0 Å². The fourth-order valence-corrected chi connectivity index (χ4v) is 5.26. The summed E-state index contributed by atoms with van der Waals surface area (Å²) in [5.41, 5.74) is 0. The first-order valence-electron chi connectivity index (χ1n) is 16.9. The van der Waals surface area contributed by atoms with Gasteiger partial charge in [0.2, 0.25) is 5.91 Å². The average molecular weight is 602 g/mol. The summed E-state index contributed by atoms with van der Waals surface area (Å²) in [7, 11) is 0. The van der Waals surface area contributed by atoms with E-state index in [1.165, 1.54) is 44.9 Å². The second-order valence-electron chi connectivity index (χ2n) is 12.0. The first-order valence-corrected chi connectivity index (χ1v) is 16.9. The van der Waals surface area contributed by atoms with Gasteiger partial charge >= 0.3 is 0 Å². The molecular weight excluding hydrogens is 538 g/mol. The number of allylic oxidation sites excluding steroid dienone is 2. The Balaban J connectivity index is 2.49. The van der Waals surface area contributed by atoms with Gasteiger partial charge in [0.15, 0.2) is 6.29 Å². The monoisotopic (exact) mass is 601 g/mol. The summed E-state index contributed by atoms with van der Waals surface area (Å²) in [4.78, 5) is 12.8. The molecule has 0 aromatic rings. The number of carbonyl (C=O) groups is 1. The molecule has 0 bridgehead atoms. The van der Waals surface area contributed by atoms with E-state index in [0.717, 1.165) is 64.2 Å². The smallest absolute Gasteiger partial charge is 0.220 e. The summed E-state index contributed by atoms with van der Waals surface area (Å²) in [5, 5.41) is 53.7. The Morgan fingerprint density at radius 2 is 1.36 bits per heavy atom. The number of hydrogen-bond donors (Lipinski definition) is 6. The van der Waals surface area contributed by atoms with Crippen LogP contribution in [0.1, 0.15) is 136 Å². The van der Waals surface area contributed by atoms with Gasteiger partial charge in [0.05, 0.1) is 25.4 Å². The number of aliphatic hydroxyl groups is 5. The van der Waals surface area contributed by atoms with Crippen molar-refractivity contribution >= 4 is 5.91 Å². The van der Waals surface area contributed by atoms with Crippen molar-refractivity contribution < 1.29 is 39.8 Å². The van der Waals surface area contributed by atoms with Gasteiger partial charge in [0, 0.05) is 6.42 Å². The van der Waals surface area contributed by atoms with Crippen molar-refractivity contribution in [3.8, 4) is 0 Å². The van der Waals surface area contributed by atoms with Gasteiger partial charge in [0.1, 0.15) is 24.4 Å². The van der Waals surface area contributed by atoms with Crippen molar-refractivity contribution in [1.82, 2.24) is 5.32 Å². The summed E-state index contributed by atoms with van der Waals surface area (Å²) < 4.78 is 11.1. The van der Waals surface area contributed by atoms with Crippen LogP contribution >= 0.6 is 0 Å². The molecule has 0 aromatic heterocycles. The molecule has 6 N–H and O–H groups in total. The van der Waals surface area contributed by atoms with E-state index < -0.39 is 49.5 Å². The number of carbonyl (C=O) groups excluding carboxylic acids is 1. The van der Waals surface area contributed by atoms with Crippen LogP contribution in [0, 0.1) is 0 Å². The van der Waals surface area contributed by atoms with E-state index in [-0.39, 0.29) is 12.5 Å². The van der Waals surface area contributed by atoms with E-state index >= 15 is 0 Å². The molecule has 1 aliphatic rings. The van der Waals surface area contributed by atoms with Crippen LogP contribution in [0.4, 0.5) is 0 Å². The van der Waals surface area contributed by atoms with E-state index in [1.54, 1.807) is 0 Å². The van der Waals surface area contributed by atoms with Crippen molar-refractivity contribution in [2.75, 3.05) is 13.2 Å². The Morgan fingerprint density at radius 3 is 2.00 bits per heavy atom. The summed E-state index contributed by atoms with van der Waals surface area (Å²) in [6.45, 7) is 3.71. The van der Waals surface area contributed by atoms with Gasteiger partial charge in [-0.3, -0.25) is 4.79 Å². The number of unbranched alkanes of at least 4 members (excludes halogenated alkanes) is 14. The van der Waals surface area contributed by atoms with Crippen LogP contribution in [0.5, 0.6) is 0 Å². The van der Waals surface area contributed by atoms with Crippen molar-refractivity contribution in [3.63, 3.8) is 0 Å². The highest BCUT2D eigenvalue weighted by molar-refractivity contribution is 5.76. The van der Waals surface area contributed by atoms with Crippen LogP contribution in [-0.2, 0) is 14.3 Å². The standard InChI is InChI=1S/C33H63NO8/c1-3-5-7-9-11-13-14-15-17-19-21-23-29(37)34-26(27(36)22-20-18-16-12-10-8-6-4-2)25-41-33-32(40)31(39)30(38)28(24-35)42-33/h9,11,26-28,30-33,35-36,38-40H,3-8,10,12-25H2,1-2H3,(H,34,37)/b11-9-. The Morgan fingerprint density at radius 1 is 0.786 bits per heavy atom. The largest absolute Gasteiger partial charge is 0.394 e. The molecule has 1 amide bonds. The third-order valence-corrected chi connectivity index (χ3v) is 8.12. The van der Waals surface area contributed by atoms with E-state index in [2.05, 4.69) is 31.3 Å². The topological polar surface area (TPSA) is 149 Å². The van der Waals surface area contributed by atoms with Crippen LogP contribution in [-0.4, -0.2) is 87.5 Å². The lowest BCUT2D eigenvalue weighted by Gasteiger charge is -2.40. The quantitative estimate of drug-likeness (QED) is 0.0620. The Kier molecular flexibility index (Phi) is 23.4. The maximum Gasteiger partial charge on any atom is 0.220 e. The second kappa shape index (κ2) is 25.3. The van der Waals surface area contributed by atoms with E-state index in [0.29, 0.717) is 12.8 Å². The molecule has 7 atom stereocenters. The van der Waals surface area contributed by atoms with Crippen LogP contribution < -0.4 is 5.32 Å². The minimum Gasteiger partial charge on any atom is -0.394 e. The molecule has 0 saturated carbocycles. The normalized spacial score (nSPS) is 24.2. The molecule has 9 heteroatoms. The third kappa shape index (κ3) is 17.3. The fraction of sp³-hybridized carbons (Fsp3) is 0.909. The van der Waals surface area contributed by atoms with Gasteiger partial charge in [0.25, 0.3) is 0 Å². The molecule has 1 heterocycles. The highest BCUT2D eigenvalue weighted by atomic mass is 16.7. The molecule has 1 fully saturated rings. The molecule has 0 radical (unpaired) electrons. The number of nitrogens with one attached hydrogen (secondary N) is 1. The molecule has 7 unspecified atom stereocenters. The second-order valence-corrected chi connectivity index (χ2v) is 12.0. The van der Waals surface area contributed by atoms with Gasteiger partial charge in [-0.1, -0.05) is 109 Å². The van der Waals surface area contributed by atoms with Crippen molar-refractivity contribution in [3.05, 3.63) is 12.2 Å². The van der Waals surface area contributed by atoms with Crippen LogP contribution in [0.2, 0.25) is 0 Å². The number of ether oxygens (including phenoxy) is 2. The molecule has 0 aromatic carbocycles. The number of amides is 1. The number of hydrogen-bond acceptors (Lipinski definition) is 8. The summed E-state index contributed by atoms with van der Waals surface area (Å²) >= 11 is 0. The minimum absolute atomic E-state index is 0.140. The Labute approximate surface area is 255 Å². The maximum atomic E-state index is 12.8. The lowest BCUT2D eigenvalue weighted by Crippen LogP contribution is -2.60. The molecule has 1 saturated heterocycles. The molecule has 9 nitrogen and oxygen atoms in total. The molecular formula is C33H63NO8. The number of rotatable bonds is 26. The molecule has 1 aliphatic heterocycles. The predicted octanol–water partition coefficient (Wildman–Crippen LogP) is 4.66. The lowest BCUT2D eigenvalue weighted by atomic mass is 9.99. The minimum atomic E-state index is -1.55. The van der Waals surface area contributed by atoms with E-state index in [1.807, 2.05) is 0 Å². The summed E-state index contributed by atoms with van der Waals surface area (Å²) in [6.07, 6.45) is 16.6. The van der Waals surface area contributed by atoms with Gasteiger partial charge in [-0.05, 0) is 32.1 Å². The first kappa shape index (κ1) is 39.0. The SMILES string of the molecule is CCCC/C=C\CCCCCCCC(=O)NC(COC1OC(CO)C(O)C(O)C1O)C(O)CCCCCCCCCC. The fourth-order valence-electron chi connectivity index (χ4n) is 5.26. The summed E-state index contributed by atoms with van der Waals surface area (Å²) in [5.74, 6) is -0.161. The molecule has 0 spiro atoms. The molecule has 248 valence electrons. The highest BCUT2D eigenvalue weighted by Crippen LogP contribution is 2.22. The average Bonchev–Trinajstić information content (AvgIpc) is 2.98. The van der Waals surface area contributed by atoms with Crippen molar-refractivity contribution in [1.29, 1.82) is 0 Å². The zero-order chi connectivity index (χ0) is 31.0. The van der Waals surface area contributed by atoms with Crippen LogP contribution in [0.3, 0.4) is 0 Å². The zero-order valence-electron chi connectivity index (χ0n) is 26.5. The Hall–Kier alpha value is -1.07. The van der Waals surface area contributed by atoms with Gasteiger partial charge in [-0.25, -0.2) is 0 Å². The predicted molar refractivity (Wildman–Crippen MR) is 166 cm³/mol. The lowest BCUT2D eigenvalue weighted by molar-refractivity contribution is -0.302. The summed E-state index contributed by atoms with van der Waals surface area (Å²) in [6, 6.07) is -0.714.